The molecule has 1 aromatic carbocycles. The van der Waals surface area contributed by atoms with E-state index < -0.39 is 12.1 Å². The van der Waals surface area contributed by atoms with E-state index in [1.807, 2.05) is 0 Å². The van der Waals surface area contributed by atoms with Crippen molar-refractivity contribution in [1.82, 2.24) is 10.3 Å². The fraction of sp³-hybridized carbons (Fsp3) is 0.476. The summed E-state index contributed by atoms with van der Waals surface area (Å²) in [6.07, 6.45) is 2.27. The maximum absolute atomic E-state index is 12.6. The van der Waals surface area contributed by atoms with Crippen molar-refractivity contribution < 1.29 is 14.3 Å². The molecule has 0 radical (unpaired) electrons. The molecule has 2 aromatic rings. The first-order valence-electron chi connectivity index (χ1n) is 9.50. The number of pyridine rings is 1. The van der Waals surface area contributed by atoms with Gasteiger partial charge in [-0.1, -0.05) is 44.9 Å². The number of H-pyrrole nitrogens is 1. The predicted molar refractivity (Wildman–Crippen MR) is 104 cm³/mol. The number of amides is 1. The number of carbonyl (C=O) groups is 2. The number of fused-ring (bicyclic) bond motifs is 1. The number of nitrogens with one attached hydrogen (secondary N) is 2. The van der Waals surface area contributed by atoms with Crippen LogP contribution in [0.25, 0.3) is 10.9 Å². The van der Waals surface area contributed by atoms with Crippen molar-refractivity contribution in [3.8, 4) is 0 Å². The second-order valence-corrected chi connectivity index (χ2v) is 7.52. The first-order valence-corrected chi connectivity index (χ1v) is 9.50. The Bertz CT molecular complexity index is 904. The van der Waals surface area contributed by atoms with Gasteiger partial charge in [0.25, 0.3) is 5.91 Å². The van der Waals surface area contributed by atoms with E-state index in [0.717, 1.165) is 12.8 Å². The summed E-state index contributed by atoms with van der Waals surface area (Å²) in [5.41, 5.74) is 0.329. The van der Waals surface area contributed by atoms with Crippen LogP contribution in [0.5, 0.6) is 0 Å². The first kappa shape index (κ1) is 19.1. The molecule has 1 aliphatic carbocycles. The van der Waals surface area contributed by atoms with Crippen LogP contribution in [-0.2, 0) is 9.53 Å². The second kappa shape index (κ2) is 7.94. The van der Waals surface area contributed by atoms with E-state index >= 15 is 0 Å². The number of aromatic amines is 1. The molecule has 0 unspecified atom stereocenters. The molecule has 1 saturated carbocycles. The lowest BCUT2D eigenvalue weighted by Crippen LogP contribution is -2.47. The molecular formula is C21H26N2O4. The van der Waals surface area contributed by atoms with Crippen molar-refractivity contribution in [2.75, 3.05) is 0 Å². The van der Waals surface area contributed by atoms with Gasteiger partial charge in [0, 0.05) is 23.0 Å². The molecule has 0 spiro atoms. The van der Waals surface area contributed by atoms with Crippen LogP contribution < -0.4 is 10.9 Å². The highest BCUT2D eigenvalue weighted by Crippen LogP contribution is 2.29. The molecule has 4 atom stereocenters. The maximum atomic E-state index is 12.6. The van der Waals surface area contributed by atoms with Crippen molar-refractivity contribution in [3.05, 3.63) is 46.2 Å². The van der Waals surface area contributed by atoms with Crippen molar-refractivity contribution in [2.24, 2.45) is 11.8 Å². The lowest BCUT2D eigenvalue weighted by molar-refractivity contribution is -0.130. The summed E-state index contributed by atoms with van der Waals surface area (Å²) in [6, 6.07) is 8.31. The number of hydrogen-bond acceptors (Lipinski definition) is 4. The van der Waals surface area contributed by atoms with Gasteiger partial charge in [0.05, 0.1) is 5.56 Å². The second-order valence-electron chi connectivity index (χ2n) is 7.52. The van der Waals surface area contributed by atoms with E-state index in [2.05, 4.69) is 24.1 Å². The highest BCUT2D eigenvalue weighted by Gasteiger charge is 2.30. The third-order valence-corrected chi connectivity index (χ3v) is 5.66. The Labute approximate surface area is 158 Å². The molecule has 3 rings (SSSR count). The molecule has 1 fully saturated rings. The quantitative estimate of drug-likeness (QED) is 0.810. The third-order valence-electron chi connectivity index (χ3n) is 5.66. The number of carbonyl (C=O) groups excluding carboxylic acids is 2. The largest absolute Gasteiger partial charge is 0.449 e. The van der Waals surface area contributed by atoms with Crippen LogP contribution in [0.4, 0.5) is 0 Å². The number of rotatable bonds is 4. The Morgan fingerprint density at radius 1 is 1.22 bits per heavy atom. The summed E-state index contributed by atoms with van der Waals surface area (Å²) < 4.78 is 5.36. The molecule has 144 valence electrons. The Morgan fingerprint density at radius 3 is 2.74 bits per heavy atom. The van der Waals surface area contributed by atoms with Gasteiger partial charge in [0.15, 0.2) is 6.10 Å². The average Bonchev–Trinajstić information content (AvgIpc) is 2.64. The lowest BCUT2D eigenvalue weighted by Gasteiger charge is -2.35. The van der Waals surface area contributed by atoms with Crippen molar-refractivity contribution in [2.45, 2.75) is 52.2 Å². The van der Waals surface area contributed by atoms with Gasteiger partial charge in [-0.15, -0.1) is 0 Å². The summed E-state index contributed by atoms with van der Waals surface area (Å²) in [5.74, 6) is -0.0278. The molecule has 0 saturated heterocycles. The summed E-state index contributed by atoms with van der Waals surface area (Å²) in [5, 5.41) is 3.61. The van der Waals surface area contributed by atoms with Gasteiger partial charge in [0.2, 0.25) is 5.56 Å². The summed E-state index contributed by atoms with van der Waals surface area (Å²) in [6.45, 7) is 5.90. The molecule has 1 aliphatic rings. The third kappa shape index (κ3) is 4.21. The van der Waals surface area contributed by atoms with E-state index in [4.69, 9.17) is 4.74 Å². The molecule has 0 aliphatic heterocycles. The Balaban J connectivity index is 1.71. The Kier molecular flexibility index (Phi) is 5.63. The number of esters is 1. The van der Waals surface area contributed by atoms with Gasteiger partial charge in [-0.05, 0) is 31.2 Å². The number of para-hydroxylation sites is 1. The molecule has 1 amide bonds. The lowest BCUT2D eigenvalue weighted by atomic mass is 9.78. The topological polar surface area (TPSA) is 88.3 Å². The summed E-state index contributed by atoms with van der Waals surface area (Å²) in [4.78, 5) is 39.6. The Hall–Kier alpha value is -2.63. The minimum Gasteiger partial charge on any atom is -0.449 e. The fourth-order valence-electron chi connectivity index (χ4n) is 3.74. The van der Waals surface area contributed by atoms with Crippen molar-refractivity contribution >= 4 is 22.8 Å². The highest BCUT2D eigenvalue weighted by molar-refractivity contribution is 6.03. The average molecular weight is 370 g/mol. The summed E-state index contributed by atoms with van der Waals surface area (Å²) >= 11 is 0. The number of aromatic nitrogens is 1. The van der Waals surface area contributed by atoms with Crippen LogP contribution in [0, 0.1) is 11.8 Å². The molecular weight excluding hydrogens is 344 g/mol. The van der Waals surface area contributed by atoms with Crippen LogP contribution in [0.3, 0.4) is 0 Å². The Morgan fingerprint density at radius 2 is 1.96 bits per heavy atom. The van der Waals surface area contributed by atoms with Gasteiger partial charge in [-0.3, -0.25) is 9.59 Å². The minimum absolute atomic E-state index is 0.0998. The van der Waals surface area contributed by atoms with Crippen molar-refractivity contribution in [1.29, 1.82) is 0 Å². The zero-order chi connectivity index (χ0) is 19.6. The zero-order valence-electron chi connectivity index (χ0n) is 16.0. The predicted octanol–water partition coefficient (Wildman–Crippen LogP) is 3.01. The number of hydrogen-bond donors (Lipinski definition) is 2. The molecule has 27 heavy (non-hydrogen) atoms. The maximum Gasteiger partial charge on any atom is 0.339 e. The van der Waals surface area contributed by atoms with Crippen LogP contribution >= 0.6 is 0 Å². The molecule has 0 bridgehead atoms. The molecule has 6 heteroatoms. The smallest absolute Gasteiger partial charge is 0.339 e. The van der Waals surface area contributed by atoms with Gasteiger partial charge in [-0.25, -0.2) is 4.79 Å². The number of benzene rings is 1. The van der Waals surface area contributed by atoms with E-state index in [0.29, 0.717) is 22.7 Å². The highest BCUT2D eigenvalue weighted by atomic mass is 16.5. The van der Waals surface area contributed by atoms with E-state index in [-0.39, 0.29) is 23.1 Å². The first-order chi connectivity index (χ1) is 12.9. The molecule has 6 nitrogen and oxygen atoms in total. The number of ether oxygens (including phenoxy) is 1. The van der Waals surface area contributed by atoms with Gasteiger partial charge in [0.1, 0.15) is 0 Å². The van der Waals surface area contributed by atoms with Gasteiger partial charge in [-0.2, -0.15) is 0 Å². The van der Waals surface area contributed by atoms with Crippen LogP contribution in [-0.4, -0.2) is 29.0 Å². The molecule has 1 aromatic heterocycles. The fourth-order valence-corrected chi connectivity index (χ4v) is 3.74. The monoisotopic (exact) mass is 370 g/mol. The SMILES string of the molecule is C[C@@H]1[C@@H](C)CCC[C@H]1NC(=O)[C@H](C)OC(=O)c1cc(=O)[nH]c2ccccc12. The van der Waals surface area contributed by atoms with Gasteiger partial charge >= 0.3 is 5.97 Å². The van der Waals surface area contributed by atoms with Crippen LogP contribution in [0.1, 0.15) is 50.4 Å². The molecule has 1 heterocycles. The summed E-state index contributed by atoms with van der Waals surface area (Å²) in [7, 11) is 0. The normalized spacial score (nSPS) is 23.6. The van der Waals surface area contributed by atoms with Crippen LogP contribution in [0.15, 0.2) is 35.1 Å². The standard InChI is InChI=1S/C21H26N2O4/c1-12-7-6-10-17(13(12)2)23-20(25)14(3)27-21(26)16-11-19(24)22-18-9-5-4-8-15(16)18/h4-5,8-9,11-14,17H,6-7,10H2,1-3H3,(H,22,24)(H,23,25)/t12-,13+,14-,17+/m0/s1. The minimum atomic E-state index is -0.931. The van der Waals surface area contributed by atoms with Crippen molar-refractivity contribution in [3.63, 3.8) is 0 Å². The zero-order valence-corrected chi connectivity index (χ0v) is 16.0. The van der Waals surface area contributed by atoms with Gasteiger partial charge < -0.3 is 15.0 Å². The van der Waals surface area contributed by atoms with Crippen LogP contribution in [0.2, 0.25) is 0 Å². The van der Waals surface area contributed by atoms with E-state index in [1.54, 1.807) is 31.2 Å². The molecule has 2 N–H and O–H groups in total. The van der Waals surface area contributed by atoms with E-state index in [1.165, 1.54) is 12.5 Å². The van der Waals surface area contributed by atoms with E-state index in [9.17, 15) is 14.4 Å².